The molecule has 0 saturated carbocycles. The standard InChI is InChI=1S/C15H21NO4/c1-12-2-4-13(5-3-12)8-15(11-17)10-16(6-7-20-15)9-14(18)19/h2-5,17H,6-11H2,1H3,(H,18,19). The van der Waals surface area contributed by atoms with E-state index in [0.29, 0.717) is 26.1 Å². The highest BCUT2D eigenvalue weighted by Gasteiger charge is 2.36. The Balaban J connectivity index is 2.08. The van der Waals surface area contributed by atoms with E-state index in [1.54, 1.807) is 0 Å². The minimum Gasteiger partial charge on any atom is -0.480 e. The fourth-order valence-electron chi connectivity index (χ4n) is 2.59. The van der Waals surface area contributed by atoms with Gasteiger partial charge in [-0.15, -0.1) is 0 Å². The molecule has 1 aliphatic rings. The smallest absolute Gasteiger partial charge is 0.317 e. The normalized spacial score (nSPS) is 23.7. The van der Waals surface area contributed by atoms with Crippen LogP contribution < -0.4 is 0 Å². The summed E-state index contributed by atoms with van der Waals surface area (Å²) in [4.78, 5) is 12.6. The summed E-state index contributed by atoms with van der Waals surface area (Å²) in [6, 6.07) is 8.09. The first kappa shape index (κ1) is 15.0. The maximum absolute atomic E-state index is 10.8. The Morgan fingerprint density at radius 2 is 2.10 bits per heavy atom. The van der Waals surface area contributed by atoms with Gasteiger partial charge in [0.15, 0.2) is 0 Å². The van der Waals surface area contributed by atoms with E-state index in [1.165, 1.54) is 5.56 Å². The van der Waals surface area contributed by atoms with Gasteiger partial charge in [0, 0.05) is 19.5 Å². The van der Waals surface area contributed by atoms with Crippen molar-refractivity contribution in [3.8, 4) is 0 Å². The number of aliphatic carboxylic acids is 1. The van der Waals surface area contributed by atoms with E-state index in [0.717, 1.165) is 5.56 Å². The number of aryl methyl sites for hydroxylation is 1. The second-order valence-corrected chi connectivity index (χ2v) is 5.46. The van der Waals surface area contributed by atoms with Gasteiger partial charge in [0.05, 0.1) is 19.8 Å². The SMILES string of the molecule is Cc1ccc(CC2(CO)CN(CC(=O)O)CCO2)cc1. The van der Waals surface area contributed by atoms with Crippen LogP contribution in [0.2, 0.25) is 0 Å². The van der Waals surface area contributed by atoms with Crippen LogP contribution in [0, 0.1) is 6.92 Å². The number of carboxylic acids is 1. The summed E-state index contributed by atoms with van der Waals surface area (Å²) in [6.45, 7) is 3.36. The number of hydrogen-bond donors (Lipinski definition) is 2. The highest BCUT2D eigenvalue weighted by molar-refractivity contribution is 5.69. The summed E-state index contributed by atoms with van der Waals surface area (Å²) in [6.07, 6.45) is 0.583. The van der Waals surface area contributed by atoms with Gasteiger partial charge in [-0.2, -0.15) is 0 Å². The van der Waals surface area contributed by atoms with Crippen LogP contribution in [0.3, 0.4) is 0 Å². The first-order valence-corrected chi connectivity index (χ1v) is 6.77. The third-order valence-corrected chi connectivity index (χ3v) is 3.62. The minimum absolute atomic E-state index is 0.0149. The fraction of sp³-hybridized carbons (Fsp3) is 0.533. The van der Waals surface area contributed by atoms with E-state index in [2.05, 4.69) is 0 Å². The highest BCUT2D eigenvalue weighted by atomic mass is 16.5. The van der Waals surface area contributed by atoms with E-state index >= 15 is 0 Å². The van der Waals surface area contributed by atoms with Crippen LogP contribution in [0.4, 0.5) is 0 Å². The number of rotatable bonds is 5. The molecule has 20 heavy (non-hydrogen) atoms. The van der Waals surface area contributed by atoms with Crippen molar-refractivity contribution in [2.75, 3.05) is 32.8 Å². The summed E-state index contributed by atoms with van der Waals surface area (Å²) in [5.74, 6) is -0.853. The summed E-state index contributed by atoms with van der Waals surface area (Å²) in [5.41, 5.74) is 1.56. The van der Waals surface area contributed by atoms with Crippen molar-refractivity contribution in [3.05, 3.63) is 35.4 Å². The molecule has 1 heterocycles. The molecule has 2 N–H and O–H groups in total. The summed E-state index contributed by atoms with van der Waals surface area (Å²) >= 11 is 0. The molecule has 1 saturated heterocycles. The maximum Gasteiger partial charge on any atom is 0.317 e. The van der Waals surface area contributed by atoms with Crippen LogP contribution >= 0.6 is 0 Å². The fourth-order valence-corrected chi connectivity index (χ4v) is 2.59. The largest absolute Gasteiger partial charge is 0.480 e. The Morgan fingerprint density at radius 1 is 1.40 bits per heavy atom. The number of morpholine rings is 1. The third-order valence-electron chi connectivity index (χ3n) is 3.62. The number of benzene rings is 1. The molecule has 0 radical (unpaired) electrons. The number of aliphatic hydroxyl groups excluding tert-OH is 1. The molecular weight excluding hydrogens is 258 g/mol. The molecule has 5 heteroatoms. The Hall–Kier alpha value is -1.43. The lowest BCUT2D eigenvalue weighted by molar-refractivity contribution is -0.150. The molecule has 1 aromatic rings. The van der Waals surface area contributed by atoms with E-state index in [9.17, 15) is 9.90 Å². The van der Waals surface area contributed by atoms with Crippen LogP contribution in [0.25, 0.3) is 0 Å². The molecule has 110 valence electrons. The predicted molar refractivity (Wildman–Crippen MR) is 74.7 cm³/mol. The lowest BCUT2D eigenvalue weighted by atomic mass is 9.92. The molecular formula is C15H21NO4. The molecule has 1 unspecified atom stereocenters. The van der Waals surface area contributed by atoms with E-state index in [4.69, 9.17) is 9.84 Å². The Morgan fingerprint density at radius 3 is 2.70 bits per heavy atom. The Kier molecular flexibility index (Phi) is 4.75. The Bertz CT molecular complexity index is 459. The van der Waals surface area contributed by atoms with Crippen LogP contribution in [-0.2, 0) is 16.0 Å². The summed E-state index contributed by atoms with van der Waals surface area (Å²) in [5, 5.41) is 18.6. The number of carbonyl (C=O) groups is 1. The lowest BCUT2D eigenvalue weighted by Gasteiger charge is -2.41. The quantitative estimate of drug-likeness (QED) is 0.829. The van der Waals surface area contributed by atoms with Crippen LogP contribution in [0.5, 0.6) is 0 Å². The first-order valence-electron chi connectivity index (χ1n) is 6.77. The van der Waals surface area contributed by atoms with Gasteiger partial charge in [-0.25, -0.2) is 0 Å². The number of nitrogens with zero attached hydrogens (tertiary/aromatic N) is 1. The highest BCUT2D eigenvalue weighted by Crippen LogP contribution is 2.23. The van der Waals surface area contributed by atoms with E-state index in [-0.39, 0.29) is 13.2 Å². The average molecular weight is 279 g/mol. The molecule has 0 aliphatic carbocycles. The number of carboxylic acid groups (broad SMARTS) is 1. The average Bonchev–Trinajstić information content (AvgIpc) is 2.41. The topological polar surface area (TPSA) is 70.0 Å². The maximum atomic E-state index is 10.8. The van der Waals surface area contributed by atoms with Gasteiger partial charge in [0.25, 0.3) is 0 Å². The molecule has 0 amide bonds. The minimum atomic E-state index is -0.853. The second-order valence-electron chi connectivity index (χ2n) is 5.46. The molecule has 1 aromatic carbocycles. The van der Waals surface area contributed by atoms with Crippen LogP contribution in [-0.4, -0.2) is 59.5 Å². The monoisotopic (exact) mass is 279 g/mol. The number of ether oxygens (including phenoxy) is 1. The van der Waals surface area contributed by atoms with Gasteiger partial charge in [-0.05, 0) is 12.5 Å². The lowest BCUT2D eigenvalue weighted by Crippen LogP contribution is -2.56. The van der Waals surface area contributed by atoms with Crippen molar-refractivity contribution in [2.24, 2.45) is 0 Å². The predicted octanol–water partition coefficient (Wildman–Crippen LogP) is 0.685. The van der Waals surface area contributed by atoms with Gasteiger partial charge in [-0.3, -0.25) is 9.69 Å². The van der Waals surface area contributed by atoms with Crippen molar-refractivity contribution in [3.63, 3.8) is 0 Å². The summed E-state index contributed by atoms with van der Waals surface area (Å²) < 4.78 is 5.78. The molecule has 0 aromatic heterocycles. The summed E-state index contributed by atoms with van der Waals surface area (Å²) in [7, 11) is 0. The van der Waals surface area contributed by atoms with Gasteiger partial charge in [-0.1, -0.05) is 29.8 Å². The van der Waals surface area contributed by atoms with Gasteiger partial charge in [0.1, 0.15) is 5.60 Å². The van der Waals surface area contributed by atoms with Crippen LogP contribution in [0.1, 0.15) is 11.1 Å². The third kappa shape index (κ3) is 3.79. The van der Waals surface area contributed by atoms with Crippen molar-refractivity contribution in [1.29, 1.82) is 0 Å². The zero-order valence-corrected chi connectivity index (χ0v) is 11.7. The second kappa shape index (κ2) is 6.35. The molecule has 0 spiro atoms. The zero-order chi connectivity index (χ0) is 14.6. The molecule has 0 bridgehead atoms. The molecule has 1 aliphatic heterocycles. The van der Waals surface area contributed by atoms with Crippen molar-refractivity contribution < 1.29 is 19.7 Å². The zero-order valence-electron chi connectivity index (χ0n) is 11.7. The van der Waals surface area contributed by atoms with Gasteiger partial charge in [0.2, 0.25) is 0 Å². The van der Waals surface area contributed by atoms with Gasteiger partial charge >= 0.3 is 5.97 Å². The Labute approximate surface area is 118 Å². The number of hydrogen-bond acceptors (Lipinski definition) is 4. The van der Waals surface area contributed by atoms with Crippen molar-refractivity contribution in [1.82, 2.24) is 4.90 Å². The van der Waals surface area contributed by atoms with Gasteiger partial charge < -0.3 is 14.9 Å². The first-order chi connectivity index (χ1) is 9.53. The molecule has 1 atom stereocenters. The molecule has 2 rings (SSSR count). The van der Waals surface area contributed by atoms with E-state index in [1.807, 2.05) is 36.1 Å². The van der Waals surface area contributed by atoms with E-state index < -0.39 is 11.6 Å². The van der Waals surface area contributed by atoms with Crippen LogP contribution in [0.15, 0.2) is 24.3 Å². The molecule has 5 nitrogen and oxygen atoms in total. The molecule has 1 fully saturated rings. The number of aliphatic hydroxyl groups is 1. The van der Waals surface area contributed by atoms with Crippen molar-refractivity contribution in [2.45, 2.75) is 18.9 Å². The van der Waals surface area contributed by atoms with Crippen molar-refractivity contribution >= 4 is 5.97 Å².